The fourth-order valence-electron chi connectivity index (χ4n) is 1.11. The van der Waals surface area contributed by atoms with E-state index in [1.165, 1.54) is 12.1 Å². The minimum absolute atomic E-state index is 0.0107. The number of halogens is 2. The first-order chi connectivity index (χ1) is 8.04. The fourth-order valence-corrected chi connectivity index (χ4v) is 1.57. The Labute approximate surface area is 106 Å². The van der Waals surface area contributed by atoms with Crippen LogP contribution in [0.5, 0.6) is 0 Å². The Hall–Kier alpha value is -1.66. The third kappa shape index (κ3) is 2.92. The summed E-state index contributed by atoms with van der Waals surface area (Å²) in [7, 11) is 0. The molecule has 1 N–H and O–H groups in total. The number of hydrogen-bond acceptors (Lipinski definition) is 5. The highest BCUT2D eigenvalue weighted by atomic mass is 35.5. The molecule has 2 aromatic rings. The number of carbonyl (C=O) groups excluding carboxylic acids is 1. The van der Waals surface area contributed by atoms with Crippen molar-refractivity contribution in [2.45, 2.75) is 6.92 Å². The lowest BCUT2D eigenvalue weighted by molar-refractivity contribution is 0.102. The lowest BCUT2D eigenvalue weighted by Crippen LogP contribution is -2.12. The second-order valence-electron chi connectivity index (χ2n) is 3.10. The molecule has 88 valence electrons. The summed E-state index contributed by atoms with van der Waals surface area (Å²) in [6.07, 6.45) is 0. The monoisotopic (exact) mass is 272 g/mol. The molecule has 0 fully saturated rings. The van der Waals surface area contributed by atoms with Crippen LogP contribution in [0.1, 0.15) is 16.2 Å². The molecule has 0 aromatic carbocycles. The lowest BCUT2D eigenvalue weighted by atomic mass is 10.2. The van der Waals surface area contributed by atoms with E-state index in [1.807, 2.05) is 0 Å². The number of aromatic nitrogens is 3. The molecule has 0 spiro atoms. The molecule has 0 aliphatic heterocycles. The van der Waals surface area contributed by atoms with Gasteiger partial charge in [0.25, 0.3) is 5.91 Å². The number of carbonyl (C=O) groups is 1. The van der Waals surface area contributed by atoms with Crippen molar-refractivity contribution in [3.05, 3.63) is 33.8 Å². The molecule has 2 heterocycles. The van der Waals surface area contributed by atoms with Gasteiger partial charge in [-0.3, -0.25) is 10.1 Å². The van der Waals surface area contributed by atoms with Gasteiger partial charge in [-0.2, -0.15) is 4.98 Å². The molecule has 2 aromatic heterocycles. The molecule has 8 heteroatoms. The van der Waals surface area contributed by atoms with Crippen LogP contribution in [0, 0.1) is 6.92 Å². The quantitative estimate of drug-likeness (QED) is 0.849. The van der Waals surface area contributed by atoms with Crippen LogP contribution >= 0.6 is 23.2 Å². The second kappa shape index (κ2) is 4.68. The van der Waals surface area contributed by atoms with Crippen LogP contribution in [0.4, 0.5) is 6.01 Å². The van der Waals surface area contributed by atoms with Gasteiger partial charge in [0, 0.05) is 5.56 Å². The number of aryl methyl sites for hydroxylation is 1. The molecule has 0 unspecified atom stereocenters. The minimum atomic E-state index is -0.458. The highest BCUT2D eigenvalue weighted by Crippen LogP contribution is 2.15. The molecule has 2 rings (SSSR count). The van der Waals surface area contributed by atoms with Gasteiger partial charge in [0.05, 0.1) is 0 Å². The molecule has 0 aliphatic carbocycles. The van der Waals surface area contributed by atoms with Gasteiger partial charge in [0.15, 0.2) is 5.82 Å². The van der Waals surface area contributed by atoms with E-state index in [2.05, 4.69) is 20.4 Å². The van der Waals surface area contributed by atoms with Gasteiger partial charge in [-0.05, 0) is 19.1 Å². The summed E-state index contributed by atoms with van der Waals surface area (Å²) >= 11 is 11.3. The third-order valence-electron chi connectivity index (χ3n) is 1.77. The van der Waals surface area contributed by atoms with Crippen molar-refractivity contribution in [1.29, 1.82) is 0 Å². The van der Waals surface area contributed by atoms with Crippen LogP contribution < -0.4 is 5.32 Å². The zero-order valence-electron chi connectivity index (χ0n) is 8.57. The summed E-state index contributed by atoms with van der Waals surface area (Å²) < 4.78 is 4.74. The number of nitrogens with one attached hydrogen (secondary N) is 1. The first-order valence-electron chi connectivity index (χ1n) is 4.49. The van der Waals surface area contributed by atoms with Gasteiger partial charge in [0.2, 0.25) is 0 Å². The minimum Gasteiger partial charge on any atom is -0.315 e. The Kier molecular flexibility index (Phi) is 3.26. The standard InChI is InChI=1S/C9H6Cl2N4O2/c1-4-12-9(17-15-4)14-8(16)5-2-6(10)13-7(11)3-5/h2-3H,1H3,(H,12,14,15,16). The van der Waals surface area contributed by atoms with Gasteiger partial charge in [-0.25, -0.2) is 4.98 Å². The SMILES string of the molecule is Cc1noc(NC(=O)c2cc(Cl)nc(Cl)c2)n1. The Morgan fingerprint density at radius 1 is 1.29 bits per heavy atom. The Bertz CT molecular complexity index is 550. The zero-order valence-corrected chi connectivity index (χ0v) is 10.1. The Morgan fingerprint density at radius 3 is 2.47 bits per heavy atom. The van der Waals surface area contributed by atoms with Crippen LogP contribution in [0.3, 0.4) is 0 Å². The van der Waals surface area contributed by atoms with E-state index in [9.17, 15) is 4.79 Å². The van der Waals surface area contributed by atoms with E-state index >= 15 is 0 Å². The first kappa shape index (κ1) is 11.8. The van der Waals surface area contributed by atoms with Gasteiger partial charge < -0.3 is 4.52 Å². The number of amides is 1. The largest absolute Gasteiger partial charge is 0.328 e. The van der Waals surface area contributed by atoms with Crippen LogP contribution in [0.15, 0.2) is 16.7 Å². The van der Waals surface area contributed by atoms with Crippen molar-refractivity contribution in [3.8, 4) is 0 Å². The molecule has 0 atom stereocenters. The van der Waals surface area contributed by atoms with E-state index in [-0.39, 0.29) is 21.9 Å². The molecule has 1 amide bonds. The molecular weight excluding hydrogens is 267 g/mol. The molecule has 0 bridgehead atoms. The number of pyridine rings is 1. The fraction of sp³-hybridized carbons (Fsp3) is 0.111. The normalized spacial score (nSPS) is 10.3. The van der Waals surface area contributed by atoms with Crippen molar-refractivity contribution >= 4 is 35.1 Å². The topological polar surface area (TPSA) is 80.9 Å². The summed E-state index contributed by atoms with van der Waals surface area (Å²) in [5.74, 6) is -0.0362. The maximum absolute atomic E-state index is 11.7. The zero-order chi connectivity index (χ0) is 12.4. The summed E-state index contributed by atoms with van der Waals surface area (Å²) in [5, 5.41) is 6.20. The van der Waals surface area contributed by atoms with E-state index in [1.54, 1.807) is 6.92 Å². The number of rotatable bonds is 2. The number of hydrogen-bond donors (Lipinski definition) is 1. The third-order valence-corrected chi connectivity index (χ3v) is 2.16. The van der Waals surface area contributed by atoms with Crippen molar-refractivity contribution in [2.75, 3.05) is 5.32 Å². The molecule has 0 saturated heterocycles. The van der Waals surface area contributed by atoms with Crippen LogP contribution in [-0.2, 0) is 0 Å². The van der Waals surface area contributed by atoms with Gasteiger partial charge in [0.1, 0.15) is 10.3 Å². The number of nitrogens with zero attached hydrogens (tertiary/aromatic N) is 3. The van der Waals surface area contributed by atoms with Gasteiger partial charge in [-0.1, -0.05) is 28.4 Å². The number of anilines is 1. The average molecular weight is 273 g/mol. The van der Waals surface area contributed by atoms with Gasteiger partial charge >= 0.3 is 6.01 Å². The molecule has 17 heavy (non-hydrogen) atoms. The average Bonchev–Trinajstić information content (AvgIpc) is 2.62. The van der Waals surface area contributed by atoms with Crippen molar-refractivity contribution in [1.82, 2.24) is 15.1 Å². The summed E-state index contributed by atoms with van der Waals surface area (Å²) in [6, 6.07) is 2.77. The second-order valence-corrected chi connectivity index (χ2v) is 3.88. The molecule has 0 saturated carbocycles. The predicted octanol–water partition coefficient (Wildman–Crippen LogP) is 2.33. The highest BCUT2D eigenvalue weighted by Gasteiger charge is 2.12. The molecular formula is C9H6Cl2N4O2. The smallest absolute Gasteiger partial charge is 0.315 e. The van der Waals surface area contributed by atoms with Crippen LogP contribution in [0.2, 0.25) is 10.3 Å². The van der Waals surface area contributed by atoms with E-state index < -0.39 is 5.91 Å². The van der Waals surface area contributed by atoms with Crippen molar-refractivity contribution in [3.63, 3.8) is 0 Å². The van der Waals surface area contributed by atoms with Crippen LogP contribution in [-0.4, -0.2) is 21.0 Å². The summed E-state index contributed by atoms with van der Waals surface area (Å²) in [5.41, 5.74) is 0.255. The Balaban J connectivity index is 2.19. The Morgan fingerprint density at radius 2 is 1.94 bits per heavy atom. The first-order valence-corrected chi connectivity index (χ1v) is 5.25. The highest BCUT2D eigenvalue weighted by molar-refractivity contribution is 6.33. The van der Waals surface area contributed by atoms with Crippen molar-refractivity contribution in [2.24, 2.45) is 0 Å². The van der Waals surface area contributed by atoms with Crippen LogP contribution in [0.25, 0.3) is 0 Å². The van der Waals surface area contributed by atoms with E-state index in [0.29, 0.717) is 5.82 Å². The maximum atomic E-state index is 11.7. The maximum Gasteiger partial charge on any atom is 0.328 e. The lowest BCUT2D eigenvalue weighted by Gasteiger charge is -2.01. The van der Waals surface area contributed by atoms with E-state index in [0.717, 1.165) is 0 Å². The molecule has 6 nitrogen and oxygen atoms in total. The summed E-state index contributed by atoms with van der Waals surface area (Å²) in [6.45, 7) is 1.64. The predicted molar refractivity (Wildman–Crippen MR) is 61.2 cm³/mol. The van der Waals surface area contributed by atoms with E-state index in [4.69, 9.17) is 27.7 Å². The summed E-state index contributed by atoms with van der Waals surface area (Å²) in [4.78, 5) is 19.3. The van der Waals surface area contributed by atoms with Gasteiger partial charge in [-0.15, -0.1) is 0 Å². The molecule has 0 radical (unpaired) electrons. The van der Waals surface area contributed by atoms with Crippen molar-refractivity contribution < 1.29 is 9.32 Å². The molecule has 0 aliphatic rings.